The van der Waals surface area contributed by atoms with E-state index in [2.05, 4.69) is 5.16 Å². The first-order valence-electron chi connectivity index (χ1n) is 4.92. The van der Waals surface area contributed by atoms with Crippen LogP contribution >= 0.6 is 0 Å². The van der Waals surface area contributed by atoms with Crippen LogP contribution < -0.4 is 0 Å². The minimum Gasteiger partial charge on any atom is -0.476 e. The zero-order chi connectivity index (χ0) is 12.1. The zero-order valence-corrected chi connectivity index (χ0v) is 9.64. The van der Waals surface area contributed by atoms with Gasteiger partial charge in [-0.25, -0.2) is 4.79 Å². The summed E-state index contributed by atoms with van der Waals surface area (Å²) in [6.07, 6.45) is 0. The highest BCUT2D eigenvalue weighted by atomic mass is 16.5. The third-order valence-corrected chi connectivity index (χ3v) is 2.34. The average Bonchev–Trinajstić information content (AvgIpc) is 2.66. The van der Waals surface area contributed by atoms with Crippen molar-refractivity contribution < 1.29 is 19.2 Å². The topological polar surface area (TPSA) is 75.8 Å². The summed E-state index contributed by atoms with van der Waals surface area (Å²) >= 11 is 0. The van der Waals surface area contributed by atoms with Gasteiger partial charge in [-0.3, -0.25) is 4.90 Å². The summed E-state index contributed by atoms with van der Waals surface area (Å²) in [5, 5.41) is 12.1. The minimum atomic E-state index is -1.08. The number of methoxy groups -OCH3 is 1. The molecule has 0 fully saturated rings. The van der Waals surface area contributed by atoms with E-state index in [9.17, 15) is 4.79 Å². The number of carbonyl (C=O) groups is 1. The zero-order valence-electron chi connectivity index (χ0n) is 9.64. The molecule has 0 aliphatic rings. The number of hydrogen-bond acceptors (Lipinski definition) is 5. The van der Waals surface area contributed by atoms with Crippen LogP contribution in [-0.4, -0.2) is 47.9 Å². The van der Waals surface area contributed by atoms with Gasteiger partial charge < -0.3 is 14.4 Å². The van der Waals surface area contributed by atoms with Crippen LogP contribution in [0.4, 0.5) is 0 Å². The maximum atomic E-state index is 10.6. The van der Waals surface area contributed by atoms with E-state index < -0.39 is 5.97 Å². The summed E-state index contributed by atoms with van der Waals surface area (Å²) in [6.45, 7) is 3.12. The van der Waals surface area contributed by atoms with Gasteiger partial charge in [0.25, 0.3) is 0 Å². The molecule has 0 saturated heterocycles. The summed E-state index contributed by atoms with van der Waals surface area (Å²) in [5.41, 5.74) is -0.0669. The van der Waals surface area contributed by atoms with Crippen molar-refractivity contribution in [2.24, 2.45) is 0 Å². The molecule has 0 aromatic carbocycles. The van der Waals surface area contributed by atoms with Crippen molar-refractivity contribution in [3.63, 3.8) is 0 Å². The van der Waals surface area contributed by atoms with Gasteiger partial charge in [-0.05, 0) is 14.0 Å². The second-order valence-electron chi connectivity index (χ2n) is 3.70. The van der Waals surface area contributed by atoms with Crippen LogP contribution in [0.25, 0.3) is 0 Å². The predicted octanol–water partition coefficient (Wildman–Crippen LogP) is 0.840. The highest BCUT2D eigenvalue weighted by molar-refractivity contribution is 5.85. The van der Waals surface area contributed by atoms with Gasteiger partial charge in [0.05, 0.1) is 13.2 Å². The molecule has 0 bridgehead atoms. The normalized spacial score (nSPS) is 13.0. The first-order valence-corrected chi connectivity index (χ1v) is 4.92. The highest BCUT2D eigenvalue weighted by Gasteiger charge is 2.14. The van der Waals surface area contributed by atoms with Gasteiger partial charge in [0.15, 0.2) is 11.5 Å². The van der Waals surface area contributed by atoms with E-state index in [0.29, 0.717) is 18.9 Å². The number of carboxylic acid groups (broad SMARTS) is 1. The Kier molecular flexibility index (Phi) is 4.45. The second kappa shape index (κ2) is 5.62. The first kappa shape index (κ1) is 12.7. The van der Waals surface area contributed by atoms with Gasteiger partial charge in [0.2, 0.25) is 0 Å². The van der Waals surface area contributed by atoms with Crippen LogP contribution in [-0.2, 0) is 11.3 Å². The lowest BCUT2D eigenvalue weighted by Crippen LogP contribution is -2.32. The molecule has 0 aliphatic carbocycles. The van der Waals surface area contributed by atoms with Crippen LogP contribution in [0.5, 0.6) is 0 Å². The highest BCUT2D eigenvalue weighted by Crippen LogP contribution is 2.08. The Hall–Kier alpha value is -1.40. The van der Waals surface area contributed by atoms with E-state index in [1.54, 1.807) is 7.11 Å². The molecule has 0 saturated carbocycles. The number of hydrogen-bond donors (Lipinski definition) is 1. The molecule has 1 N–H and O–H groups in total. The Labute approximate surface area is 93.8 Å². The van der Waals surface area contributed by atoms with Crippen molar-refractivity contribution >= 4 is 5.97 Å². The van der Waals surface area contributed by atoms with Crippen LogP contribution in [0.2, 0.25) is 0 Å². The van der Waals surface area contributed by atoms with Gasteiger partial charge in [-0.15, -0.1) is 0 Å². The second-order valence-corrected chi connectivity index (χ2v) is 3.70. The summed E-state index contributed by atoms with van der Waals surface area (Å²) in [5.74, 6) is -0.551. The molecule has 0 aliphatic heterocycles. The van der Waals surface area contributed by atoms with Gasteiger partial charge in [0.1, 0.15) is 0 Å². The van der Waals surface area contributed by atoms with Crippen molar-refractivity contribution in [1.29, 1.82) is 0 Å². The summed E-state index contributed by atoms with van der Waals surface area (Å²) < 4.78 is 9.94. The Morgan fingerprint density at radius 2 is 2.44 bits per heavy atom. The molecule has 1 heterocycles. The fourth-order valence-corrected chi connectivity index (χ4v) is 1.26. The van der Waals surface area contributed by atoms with E-state index in [-0.39, 0.29) is 11.7 Å². The monoisotopic (exact) mass is 228 g/mol. The minimum absolute atomic E-state index is 0.0669. The number of nitrogens with zero attached hydrogens (tertiary/aromatic N) is 2. The molecule has 1 aromatic rings. The number of aromatic nitrogens is 1. The van der Waals surface area contributed by atoms with Crippen molar-refractivity contribution in [2.45, 2.75) is 19.5 Å². The van der Waals surface area contributed by atoms with Crippen LogP contribution in [0.1, 0.15) is 23.2 Å². The maximum absolute atomic E-state index is 10.6. The van der Waals surface area contributed by atoms with Crippen molar-refractivity contribution in [3.05, 3.63) is 17.5 Å². The van der Waals surface area contributed by atoms with E-state index in [1.165, 1.54) is 6.07 Å². The van der Waals surface area contributed by atoms with E-state index in [4.69, 9.17) is 14.4 Å². The molecule has 0 spiro atoms. The van der Waals surface area contributed by atoms with Crippen molar-refractivity contribution in [2.75, 3.05) is 20.8 Å². The number of ether oxygens (including phenoxy) is 1. The van der Waals surface area contributed by atoms with E-state index >= 15 is 0 Å². The molecule has 90 valence electrons. The fourth-order valence-electron chi connectivity index (χ4n) is 1.26. The molecular formula is C10H16N2O4. The third-order valence-electron chi connectivity index (χ3n) is 2.34. The van der Waals surface area contributed by atoms with E-state index in [1.807, 2.05) is 18.9 Å². The lowest BCUT2D eigenvalue weighted by atomic mass is 10.3. The van der Waals surface area contributed by atoms with Gasteiger partial charge in [0, 0.05) is 19.2 Å². The molecule has 1 rings (SSSR count). The summed E-state index contributed by atoms with van der Waals surface area (Å²) in [6, 6.07) is 1.65. The molecule has 1 aromatic heterocycles. The number of likely N-dealkylation sites (N-methyl/N-ethyl adjacent to an activating group) is 1. The van der Waals surface area contributed by atoms with Crippen molar-refractivity contribution in [3.8, 4) is 0 Å². The molecule has 0 amide bonds. The Morgan fingerprint density at radius 1 is 1.75 bits per heavy atom. The van der Waals surface area contributed by atoms with Crippen LogP contribution in [0.15, 0.2) is 10.6 Å². The quantitative estimate of drug-likeness (QED) is 0.777. The Morgan fingerprint density at radius 3 is 2.94 bits per heavy atom. The predicted molar refractivity (Wildman–Crippen MR) is 56.3 cm³/mol. The summed E-state index contributed by atoms with van der Waals surface area (Å²) in [4.78, 5) is 12.6. The SMILES string of the molecule is COCC(C)N(C)Cc1cc(C(=O)O)no1. The van der Waals surface area contributed by atoms with Gasteiger partial charge in [-0.1, -0.05) is 5.16 Å². The van der Waals surface area contributed by atoms with Crippen LogP contribution in [0, 0.1) is 0 Å². The van der Waals surface area contributed by atoms with E-state index in [0.717, 1.165) is 0 Å². The lowest BCUT2D eigenvalue weighted by molar-refractivity contribution is 0.0685. The molecular weight excluding hydrogens is 212 g/mol. The maximum Gasteiger partial charge on any atom is 0.358 e. The Bertz CT molecular complexity index is 350. The molecule has 6 heteroatoms. The number of aromatic carboxylic acids is 1. The first-order chi connectivity index (χ1) is 7.54. The third kappa shape index (κ3) is 3.32. The van der Waals surface area contributed by atoms with Gasteiger partial charge >= 0.3 is 5.97 Å². The molecule has 6 nitrogen and oxygen atoms in total. The van der Waals surface area contributed by atoms with Crippen molar-refractivity contribution in [1.82, 2.24) is 10.1 Å². The fraction of sp³-hybridized carbons (Fsp3) is 0.600. The Balaban J connectivity index is 2.55. The van der Waals surface area contributed by atoms with Crippen LogP contribution in [0.3, 0.4) is 0 Å². The standard InChI is InChI=1S/C10H16N2O4/c1-7(6-15-3)12(2)5-8-4-9(10(13)14)11-16-8/h4,7H,5-6H2,1-3H3,(H,13,14). The molecule has 16 heavy (non-hydrogen) atoms. The van der Waals surface area contributed by atoms with Gasteiger partial charge in [-0.2, -0.15) is 0 Å². The molecule has 0 radical (unpaired) electrons. The summed E-state index contributed by atoms with van der Waals surface area (Å²) in [7, 11) is 3.55. The number of carboxylic acids is 1. The largest absolute Gasteiger partial charge is 0.476 e. The molecule has 1 atom stereocenters. The average molecular weight is 228 g/mol. The lowest BCUT2D eigenvalue weighted by Gasteiger charge is -2.22. The smallest absolute Gasteiger partial charge is 0.358 e. The molecule has 1 unspecified atom stereocenters. The number of rotatable bonds is 6.